The maximum atomic E-state index is 12.5. The van der Waals surface area contributed by atoms with Crippen LogP contribution in [-0.2, 0) is 6.18 Å². The van der Waals surface area contributed by atoms with Crippen molar-refractivity contribution >= 4 is 5.91 Å². The highest BCUT2D eigenvalue weighted by Crippen LogP contribution is 2.29. The minimum Gasteiger partial charge on any atom is -0.472 e. The maximum absolute atomic E-state index is 12.5. The Labute approximate surface area is 162 Å². The van der Waals surface area contributed by atoms with Gasteiger partial charge in [-0.15, -0.1) is 0 Å². The second kappa shape index (κ2) is 7.49. The van der Waals surface area contributed by atoms with E-state index in [0.29, 0.717) is 25.1 Å². The number of nitrogens with zero attached hydrogens (tertiary/aromatic N) is 5. The Morgan fingerprint density at radius 1 is 1.21 bits per heavy atom. The predicted molar refractivity (Wildman–Crippen MR) is 91.7 cm³/mol. The maximum Gasteiger partial charge on any atom is 0.471 e. The summed E-state index contributed by atoms with van der Waals surface area (Å²) in [5, 5.41) is 3.31. The molecule has 0 spiro atoms. The highest BCUT2D eigenvalue weighted by atomic mass is 19.4. The average molecular weight is 405 g/mol. The molecule has 0 unspecified atom stereocenters. The molecule has 1 amide bonds. The van der Waals surface area contributed by atoms with E-state index in [4.69, 9.17) is 4.74 Å². The van der Waals surface area contributed by atoms with Crippen LogP contribution < -0.4 is 4.74 Å². The molecule has 0 aromatic carbocycles. The number of carbonyl (C=O) groups excluding carboxylic acids is 1. The third-order valence-electron chi connectivity index (χ3n) is 4.31. The van der Waals surface area contributed by atoms with Crippen molar-refractivity contribution in [1.29, 1.82) is 0 Å². The summed E-state index contributed by atoms with van der Waals surface area (Å²) in [5.41, 5.74) is 0.818. The lowest BCUT2D eigenvalue weighted by Crippen LogP contribution is -2.31. The lowest BCUT2D eigenvalue weighted by atomic mass is 10.2. The first kappa shape index (κ1) is 18.8. The summed E-state index contributed by atoms with van der Waals surface area (Å²) < 4.78 is 47.6. The first-order valence-electron chi connectivity index (χ1n) is 8.63. The number of hydrogen-bond acceptors (Lipinski definition) is 7. The fourth-order valence-electron chi connectivity index (χ4n) is 2.89. The molecular formula is C18H14F3N5O3. The number of pyridine rings is 2. The second-order valence-electron chi connectivity index (χ2n) is 6.32. The number of aromatic nitrogens is 4. The highest BCUT2D eigenvalue weighted by Gasteiger charge is 2.38. The minimum absolute atomic E-state index is 0.0978. The lowest BCUT2D eigenvalue weighted by Gasteiger charge is -2.17. The Balaban J connectivity index is 1.37. The number of amides is 1. The van der Waals surface area contributed by atoms with Crippen LogP contribution in [0.1, 0.15) is 22.7 Å². The Hall–Kier alpha value is -3.50. The van der Waals surface area contributed by atoms with Crippen LogP contribution in [0.5, 0.6) is 5.88 Å². The quantitative estimate of drug-likeness (QED) is 0.659. The molecule has 0 N–H and O–H groups in total. The summed E-state index contributed by atoms with van der Waals surface area (Å²) in [6.07, 6.45) is 0.119. The fraction of sp³-hybridized carbons (Fsp3) is 0.278. The zero-order chi connectivity index (χ0) is 20.4. The summed E-state index contributed by atoms with van der Waals surface area (Å²) in [5.74, 6) is -1.44. The Morgan fingerprint density at radius 3 is 2.66 bits per heavy atom. The van der Waals surface area contributed by atoms with Gasteiger partial charge in [-0.1, -0.05) is 5.16 Å². The molecule has 1 saturated heterocycles. The molecule has 3 aromatic rings. The molecule has 0 radical (unpaired) electrons. The number of ether oxygens (including phenoxy) is 1. The minimum atomic E-state index is -4.70. The number of halogens is 3. The van der Waals surface area contributed by atoms with Crippen molar-refractivity contribution in [3.05, 3.63) is 54.3 Å². The third-order valence-corrected chi connectivity index (χ3v) is 4.31. The number of likely N-dealkylation sites (tertiary alicyclic amines) is 1. The van der Waals surface area contributed by atoms with Gasteiger partial charge in [0.05, 0.1) is 6.54 Å². The van der Waals surface area contributed by atoms with Crippen molar-refractivity contribution in [3.63, 3.8) is 0 Å². The van der Waals surface area contributed by atoms with Gasteiger partial charge in [0.1, 0.15) is 6.10 Å². The van der Waals surface area contributed by atoms with Gasteiger partial charge >= 0.3 is 12.1 Å². The molecule has 1 fully saturated rings. The fourth-order valence-corrected chi connectivity index (χ4v) is 2.89. The molecule has 4 rings (SSSR count). The summed E-state index contributed by atoms with van der Waals surface area (Å²) in [7, 11) is 0. The molecule has 0 bridgehead atoms. The van der Waals surface area contributed by atoms with Crippen LogP contribution in [-0.4, -0.2) is 50.1 Å². The van der Waals surface area contributed by atoms with Gasteiger partial charge in [0.15, 0.2) is 0 Å². The van der Waals surface area contributed by atoms with Crippen LogP contribution in [0.15, 0.2) is 47.4 Å². The first-order chi connectivity index (χ1) is 13.9. The number of rotatable bonds is 4. The predicted octanol–water partition coefficient (Wildman–Crippen LogP) is 2.84. The van der Waals surface area contributed by atoms with Gasteiger partial charge in [-0.05, 0) is 18.2 Å². The molecule has 4 heterocycles. The highest BCUT2D eigenvalue weighted by molar-refractivity contribution is 5.94. The van der Waals surface area contributed by atoms with Gasteiger partial charge in [0, 0.05) is 48.7 Å². The van der Waals surface area contributed by atoms with Gasteiger partial charge in [-0.2, -0.15) is 18.2 Å². The molecule has 11 heteroatoms. The monoisotopic (exact) mass is 405 g/mol. The first-order valence-corrected chi connectivity index (χ1v) is 8.63. The average Bonchev–Trinajstić information content (AvgIpc) is 3.38. The van der Waals surface area contributed by atoms with Gasteiger partial charge < -0.3 is 14.2 Å². The van der Waals surface area contributed by atoms with E-state index in [-0.39, 0.29) is 29.3 Å². The van der Waals surface area contributed by atoms with E-state index in [9.17, 15) is 18.0 Å². The topological polar surface area (TPSA) is 94.2 Å². The van der Waals surface area contributed by atoms with E-state index in [1.54, 1.807) is 29.4 Å². The molecule has 3 aromatic heterocycles. The van der Waals surface area contributed by atoms with Crippen LogP contribution in [0.4, 0.5) is 13.2 Å². The summed E-state index contributed by atoms with van der Waals surface area (Å²) in [6, 6.07) is 6.30. The molecule has 0 aliphatic carbocycles. The van der Waals surface area contributed by atoms with E-state index in [1.165, 1.54) is 18.3 Å². The smallest absolute Gasteiger partial charge is 0.471 e. The van der Waals surface area contributed by atoms with E-state index in [1.807, 2.05) is 0 Å². The Kier molecular flexibility index (Phi) is 4.87. The lowest BCUT2D eigenvalue weighted by molar-refractivity contribution is -0.159. The summed E-state index contributed by atoms with van der Waals surface area (Å²) >= 11 is 0. The van der Waals surface area contributed by atoms with Crippen LogP contribution in [0.25, 0.3) is 11.4 Å². The largest absolute Gasteiger partial charge is 0.472 e. The molecule has 29 heavy (non-hydrogen) atoms. The van der Waals surface area contributed by atoms with Crippen molar-refractivity contribution in [2.45, 2.75) is 18.7 Å². The van der Waals surface area contributed by atoms with E-state index >= 15 is 0 Å². The van der Waals surface area contributed by atoms with E-state index < -0.39 is 12.1 Å². The molecule has 8 nitrogen and oxygen atoms in total. The summed E-state index contributed by atoms with van der Waals surface area (Å²) in [6.45, 7) is 0.956. The van der Waals surface area contributed by atoms with Crippen molar-refractivity contribution in [2.24, 2.45) is 0 Å². The van der Waals surface area contributed by atoms with E-state index in [0.717, 1.165) is 0 Å². The molecule has 1 aliphatic rings. The zero-order valence-electron chi connectivity index (χ0n) is 14.8. The van der Waals surface area contributed by atoms with Crippen LogP contribution >= 0.6 is 0 Å². The van der Waals surface area contributed by atoms with Gasteiger partial charge in [0.2, 0.25) is 11.7 Å². The second-order valence-corrected chi connectivity index (χ2v) is 6.32. The molecule has 150 valence electrons. The molecular weight excluding hydrogens is 391 g/mol. The van der Waals surface area contributed by atoms with Crippen LogP contribution in [0, 0.1) is 0 Å². The van der Waals surface area contributed by atoms with Gasteiger partial charge in [0.25, 0.3) is 5.91 Å². The standard InChI is InChI=1S/C18H14F3N5O3/c19-18(20,21)17-24-15(25-29-17)12-1-2-14(23-9-12)28-13-5-8-26(10-13)16(27)11-3-6-22-7-4-11/h1-4,6-7,9,13H,5,8,10H2/t13-/m0/s1. The number of carbonyl (C=O) groups is 1. The van der Waals surface area contributed by atoms with Crippen LogP contribution in [0.3, 0.4) is 0 Å². The molecule has 1 aliphatic heterocycles. The normalized spacial score (nSPS) is 16.8. The van der Waals surface area contributed by atoms with Gasteiger partial charge in [-0.25, -0.2) is 4.98 Å². The van der Waals surface area contributed by atoms with E-state index in [2.05, 4.69) is 24.6 Å². The van der Waals surface area contributed by atoms with Crippen molar-refractivity contribution in [1.82, 2.24) is 25.0 Å². The van der Waals surface area contributed by atoms with Crippen LogP contribution in [0.2, 0.25) is 0 Å². The van der Waals surface area contributed by atoms with Crippen molar-refractivity contribution in [3.8, 4) is 17.3 Å². The molecule has 1 atom stereocenters. The third kappa shape index (κ3) is 4.18. The van der Waals surface area contributed by atoms with Crippen molar-refractivity contribution < 1.29 is 27.2 Å². The Morgan fingerprint density at radius 2 is 2.00 bits per heavy atom. The number of alkyl halides is 3. The number of hydrogen-bond donors (Lipinski definition) is 0. The van der Waals surface area contributed by atoms with Crippen molar-refractivity contribution in [2.75, 3.05) is 13.1 Å². The summed E-state index contributed by atoms with van der Waals surface area (Å²) in [4.78, 5) is 25.4. The molecule has 0 saturated carbocycles. The SMILES string of the molecule is O=C(c1ccncc1)N1CC[C@H](Oc2ccc(-c3noc(C(F)(F)F)n3)cn2)C1. The zero-order valence-corrected chi connectivity index (χ0v) is 14.8. The Bertz CT molecular complexity index is 992. The van der Waals surface area contributed by atoms with Gasteiger partial charge in [-0.3, -0.25) is 9.78 Å².